The average Bonchev–Trinajstić information content (AvgIpc) is 2.53. The van der Waals surface area contributed by atoms with Crippen molar-refractivity contribution in [3.63, 3.8) is 0 Å². The number of hydrogen-bond acceptors (Lipinski definition) is 6. The van der Waals surface area contributed by atoms with Gasteiger partial charge in [0.05, 0.1) is 5.02 Å². The first-order chi connectivity index (χ1) is 11.0. The molecule has 120 valence electrons. The van der Waals surface area contributed by atoms with E-state index in [1.165, 1.54) is 6.07 Å². The van der Waals surface area contributed by atoms with E-state index < -0.39 is 4.92 Å². The lowest BCUT2D eigenvalue weighted by Crippen LogP contribution is -2.16. The molecule has 0 unspecified atom stereocenters. The number of nitro groups is 1. The predicted octanol–water partition coefficient (Wildman–Crippen LogP) is 3.30. The highest BCUT2D eigenvalue weighted by Crippen LogP contribution is 2.38. The zero-order chi connectivity index (χ0) is 16.4. The first kappa shape index (κ1) is 15.4. The fourth-order valence-electron chi connectivity index (χ4n) is 2.18. The Morgan fingerprint density at radius 1 is 1.35 bits per heavy atom. The Bertz CT molecular complexity index is 766. The Kier molecular flexibility index (Phi) is 4.20. The number of pyridine rings is 1. The van der Waals surface area contributed by atoms with E-state index in [1.54, 1.807) is 25.1 Å². The quantitative estimate of drug-likeness (QED) is 0.629. The molecule has 1 aromatic heterocycles. The molecule has 0 bridgehead atoms. The summed E-state index contributed by atoms with van der Waals surface area (Å²) in [5.41, 5.74) is 1.26. The van der Waals surface area contributed by atoms with Gasteiger partial charge in [-0.15, -0.1) is 0 Å². The van der Waals surface area contributed by atoms with Crippen LogP contribution in [0.3, 0.4) is 0 Å². The van der Waals surface area contributed by atoms with E-state index in [4.69, 9.17) is 25.8 Å². The van der Waals surface area contributed by atoms with E-state index in [0.717, 1.165) is 0 Å². The van der Waals surface area contributed by atoms with Gasteiger partial charge in [-0.05, 0) is 39.7 Å². The van der Waals surface area contributed by atoms with Gasteiger partial charge in [0, 0.05) is 6.92 Å². The lowest BCUT2D eigenvalue weighted by atomic mass is 10.2. The van der Waals surface area contributed by atoms with Gasteiger partial charge in [-0.2, -0.15) is 0 Å². The maximum absolute atomic E-state index is 11.0. The van der Waals surface area contributed by atoms with E-state index in [0.29, 0.717) is 41.0 Å². The Labute approximate surface area is 136 Å². The van der Waals surface area contributed by atoms with Crippen molar-refractivity contribution in [2.45, 2.75) is 13.5 Å². The molecule has 0 saturated heterocycles. The minimum Gasteiger partial charge on any atom is -0.486 e. The summed E-state index contributed by atoms with van der Waals surface area (Å²) >= 11 is 6.15. The van der Waals surface area contributed by atoms with Crippen LogP contribution in [0.15, 0.2) is 24.3 Å². The largest absolute Gasteiger partial charge is 0.486 e. The van der Waals surface area contributed by atoms with Crippen LogP contribution in [0, 0.1) is 17.0 Å². The monoisotopic (exact) mass is 336 g/mol. The standard InChI is InChI=1S/C15H13ClN2O5/c1-9-2-3-12(15(17-9)18(19)20)23-8-10-6-11(16)14-13(7-10)21-4-5-22-14/h2-3,6-7H,4-5,8H2,1H3. The minimum absolute atomic E-state index is 0.0991. The summed E-state index contributed by atoms with van der Waals surface area (Å²) in [4.78, 5) is 14.3. The molecular weight excluding hydrogens is 324 g/mol. The van der Waals surface area contributed by atoms with Crippen molar-refractivity contribution in [1.82, 2.24) is 4.98 Å². The number of halogens is 1. The Balaban J connectivity index is 1.81. The van der Waals surface area contributed by atoms with Gasteiger partial charge in [0.15, 0.2) is 11.5 Å². The molecule has 0 fully saturated rings. The molecule has 0 atom stereocenters. The van der Waals surface area contributed by atoms with Crippen molar-refractivity contribution in [3.05, 3.63) is 50.7 Å². The highest BCUT2D eigenvalue weighted by Gasteiger charge is 2.20. The molecule has 1 aliphatic heterocycles. The van der Waals surface area contributed by atoms with Crippen molar-refractivity contribution in [3.8, 4) is 17.2 Å². The smallest absolute Gasteiger partial charge is 0.406 e. The fraction of sp³-hybridized carbons (Fsp3) is 0.267. The number of benzene rings is 1. The second-order valence-electron chi connectivity index (χ2n) is 4.92. The van der Waals surface area contributed by atoms with Crippen LogP contribution in [0.5, 0.6) is 17.2 Å². The van der Waals surface area contributed by atoms with Crippen molar-refractivity contribution >= 4 is 17.4 Å². The maximum atomic E-state index is 11.0. The molecule has 1 aliphatic rings. The van der Waals surface area contributed by atoms with Crippen LogP contribution in [0.4, 0.5) is 5.82 Å². The fourth-order valence-corrected chi connectivity index (χ4v) is 2.47. The van der Waals surface area contributed by atoms with E-state index in [9.17, 15) is 10.1 Å². The topological polar surface area (TPSA) is 83.7 Å². The molecule has 0 saturated carbocycles. The molecule has 7 nitrogen and oxygen atoms in total. The number of nitrogens with zero attached hydrogens (tertiary/aromatic N) is 2. The average molecular weight is 337 g/mol. The summed E-state index contributed by atoms with van der Waals surface area (Å²) in [5, 5.41) is 11.5. The van der Waals surface area contributed by atoms with Crippen LogP contribution in [0.25, 0.3) is 0 Å². The van der Waals surface area contributed by atoms with Gasteiger partial charge in [-0.3, -0.25) is 0 Å². The van der Waals surface area contributed by atoms with Crippen LogP contribution < -0.4 is 14.2 Å². The third-order valence-corrected chi connectivity index (χ3v) is 3.48. The SMILES string of the molecule is Cc1ccc(OCc2cc(Cl)c3c(c2)OCCO3)c([N+](=O)[O-])n1. The number of fused-ring (bicyclic) bond motifs is 1. The summed E-state index contributed by atoms with van der Waals surface area (Å²) in [6.45, 7) is 2.67. The molecule has 0 spiro atoms. The maximum Gasteiger partial charge on any atom is 0.406 e. The zero-order valence-electron chi connectivity index (χ0n) is 12.2. The lowest BCUT2D eigenvalue weighted by molar-refractivity contribution is -0.390. The molecule has 0 radical (unpaired) electrons. The molecular formula is C15H13ClN2O5. The van der Waals surface area contributed by atoms with Crippen LogP contribution in [0.1, 0.15) is 11.3 Å². The Morgan fingerprint density at radius 3 is 2.91 bits per heavy atom. The first-order valence-corrected chi connectivity index (χ1v) is 7.25. The van der Waals surface area contributed by atoms with Gasteiger partial charge >= 0.3 is 5.82 Å². The van der Waals surface area contributed by atoms with Crippen LogP contribution in [0.2, 0.25) is 5.02 Å². The minimum atomic E-state index is -0.570. The van der Waals surface area contributed by atoms with E-state index >= 15 is 0 Å². The van der Waals surface area contributed by atoms with Gasteiger partial charge in [-0.25, -0.2) is 0 Å². The molecule has 0 aliphatic carbocycles. The molecule has 2 heterocycles. The summed E-state index contributed by atoms with van der Waals surface area (Å²) in [7, 11) is 0. The number of rotatable bonds is 4. The number of hydrogen-bond donors (Lipinski definition) is 0. The number of aromatic nitrogens is 1. The lowest BCUT2D eigenvalue weighted by Gasteiger charge is -2.20. The third kappa shape index (κ3) is 3.29. The normalized spacial score (nSPS) is 12.8. The summed E-state index contributed by atoms with van der Waals surface area (Å²) in [5.74, 6) is 0.837. The van der Waals surface area contributed by atoms with Crippen molar-refractivity contribution in [2.24, 2.45) is 0 Å². The van der Waals surface area contributed by atoms with Gasteiger partial charge in [-0.1, -0.05) is 11.6 Å². The van der Waals surface area contributed by atoms with Crippen LogP contribution in [-0.4, -0.2) is 23.1 Å². The highest BCUT2D eigenvalue weighted by molar-refractivity contribution is 6.32. The summed E-state index contributed by atoms with van der Waals surface area (Å²) in [6, 6.07) is 6.61. The van der Waals surface area contributed by atoms with Gasteiger partial charge < -0.3 is 24.3 Å². The third-order valence-electron chi connectivity index (χ3n) is 3.20. The van der Waals surface area contributed by atoms with Gasteiger partial charge in [0.1, 0.15) is 25.5 Å². The van der Waals surface area contributed by atoms with Gasteiger partial charge in [0.2, 0.25) is 5.75 Å². The van der Waals surface area contributed by atoms with Crippen molar-refractivity contribution in [2.75, 3.05) is 13.2 Å². The molecule has 1 aromatic carbocycles. The molecule has 2 aromatic rings. The Hall–Kier alpha value is -2.54. The zero-order valence-corrected chi connectivity index (χ0v) is 13.0. The molecule has 8 heteroatoms. The number of aryl methyl sites for hydroxylation is 1. The predicted molar refractivity (Wildman–Crippen MR) is 82.4 cm³/mol. The first-order valence-electron chi connectivity index (χ1n) is 6.87. The number of ether oxygens (including phenoxy) is 3. The van der Waals surface area contributed by atoms with Crippen molar-refractivity contribution in [1.29, 1.82) is 0 Å². The molecule has 23 heavy (non-hydrogen) atoms. The van der Waals surface area contributed by atoms with Gasteiger partial charge in [0.25, 0.3) is 0 Å². The van der Waals surface area contributed by atoms with Crippen LogP contribution >= 0.6 is 11.6 Å². The van der Waals surface area contributed by atoms with Crippen molar-refractivity contribution < 1.29 is 19.1 Å². The second kappa shape index (κ2) is 6.29. The summed E-state index contributed by atoms with van der Waals surface area (Å²) < 4.78 is 16.5. The van der Waals surface area contributed by atoms with E-state index in [-0.39, 0.29) is 18.2 Å². The second-order valence-corrected chi connectivity index (χ2v) is 5.33. The molecule has 0 N–H and O–H groups in total. The molecule has 0 amide bonds. The van der Waals surface area contributed by atoms with E-state index in [1.807, 2.05) is 0 Å². The Morgan fingerprint density at radius 2 is 2.13 bits per heavy atom. The summed E-state index contributed by atoms with van der Waals surface area (Å²) in [6.07, 6.45) is 0. The highest BCUT2D eigenvalue weighted by atomic mass is 35.5. The van der Waals surface area contributed by atoms with E-state index in [2.05, 4.69) is 4.98 Å². The van der Waals surface area contributed by atoms with Crippen LogP contribution in [-0.2, 0) is 6.61 Å². The molecule has 3 rings (SSSR count).